The molecule has 0 saturated heterocycles. The molecule has 4 nitrogen and oxygen atoms in total. The zero-order chi connectivity index (χ0) is 13.6. The lowest BCUT2D eigenvalue weighted by molar-refractivity contribution is 0.594. The maximum atomic E-state index is 5.60. The number of aromatic nitrogens is 2. The Morgan fingerprint density at radius 1 is 1.35 bits per heavy atom. The zero-order valence-electron chi connectivity index (χ0n) is 11.4. The largest absolute Gasteiger partial charge is 0.464 e. The Balaban J connectivity index is 1.75. The molecule has 1 aromatic carbocycles. The number of nitrogens with zero attached hydrogens (tertiary/aromatic N) is 1. The molecule has 0 spiro atoms. The lowest BCUT2D eigenvalue weighted by Crippen LogP contribution is -2.24. The summed E-state index contributed by atoms with van der Waals surface area (Å²) in [4.78, 5) is 8.08. The molecule has 20 heavy (non-hydrogen) atoms. The number of rotatable bonds is 4. The maximum absolute atomic E-state index is 5.60. The highest BCUT2D eigenvalue weighted by atomic mass is 16.3. The fourth-order valence-corrected chi connectivity index (χ4v) is 2.90. The fourth-order valence-electron chi connectivity index (χ4n) is 2.90. The summed E-state index contributed by atoms with van der Waals surface area (Å²) in [7, 11) is 1.99. The van der Waals surface area contributed by atoms with Gasteiger partial charge in [-0.15, -0.1) is 0 Å². The van der Waals surface area contributed by atoms with Crippen LogP contribution < -0.4 is 5.32 Å². The van der Waals surface area contributed by atoms with E-state index in [9.17, 15) is 0 Å². The van der Waals surface area contributed by atoms with Gasteiger partial charge in [-0.05, 0) is 26.0 Å². The number of fused-ring (bicyclic) bond motifs is 1. The molecule has 1 aliphatic carbocycles. The monoisotopic (exact) mass is 267 g/mol. The molecule has 0 unspecified atom stereocenters. The Morgan fingerprint density at radius 3 is 3.00 bits per heavy atom. The summed E-state index contributed by atoms with van der Waals surface area (Å²) in [6.45, 7) is 0.978. The number of hydrogen-bond donors (Lipinski definition) is 2. The molecular formula is C16H17N3O. The van der Waals surface area contributed by atoms with Gasteiger partial charge in [0.25, 0.3) is 0 Å². The predicted molar refractivity (Wildman–Crippen MR) is 78.6 cm³/mol. The molecule has 0 atom stereocenters. The molecule has 4 heteroatoms. The number of imidazole rings is 1. The molecular weight excluding hydrogens is 250 g/mol. The zero-order valence-corrected chi connectivity index (χ0v) is 11.4. The van der Waals surface area contributed by atoms with Gasteiger partial charge in [0.15, 0.2) is 0 Å². The lowest BCUT2D eigenvalue weighted by Gasteiger charge is -2.10. The fraction of sp³-hybridized carbons (Fsp3) is 0.312. The number of hydrogen-bond acceptors (Lipinski definition) is 3. The van der Waals surface area contributed by atoms with Crippen molar-refractivity contribution in [2.24, 2.45) is 0 Å². The SMILES string of the molecule is CNCC1(c2ncc(-c3coc4ccccc34)[nH]2)CC1. The van der Waals surface area contributed by atoms with E-state index in [1.807, 2.05) is 31.4 Å². The third-order valence-corrected chi connectivity index (χ3v) is 4.22. The number of H-pyrrole nitrogens is 1. The van der Waals surface area contributed by atoms with E-state index in [4.69, 9.17) is 4.42 Å². The van der Waals surface area contributed by atoms with Crippen molar-refractivity contribution >= 4 is 11.0 Å². The van der Waals surface area contributed by atoms with E-state index in [1.54, 1.807) is 6.26 Å². The molecule has 4 rings (SSSR count). The van der Waals surface area contributed by atoms with Crippen molar-refractivity contribution in [2.45, 2.75) is 18.3 Å². The van der Waals surface area contributed by atoms with Gasteiger partial charge in [-0.3, -0.25) is 0 Å². The number of likely N-dealkylation sites (N-methyl/N-ethyl adjacent to an activating group) is 1. The minimum Gasteiger partial charge on any atom is -0.464 e. The van der Waals surface area contributed by atoms with Crippen LogP contribution in [0.15, 0.2) is 41.1 Å². The van der Waals surface area contributed by atoms with Crippen molar-refractivity contribution in [1.29, 1.82) is 0 Å². The van der Waals surface area contributed by atoms with Crippen molar-refractivity contribution < 1.29 is 4.42 Å². The highest BCUT2D eigenvalue weighted by Gasteiger charge is 2.46. The molecule has 2 N–H and O–H groups in total. The molecule has 1 fully saturated rings. The molecule has 1 aliphatic rings. The first kappa shape index (κ1) is 11.7. The Labute approximate surface area is 117 Å². The van der Waals surface area contributed by atoms with E-state index in [0.717, 1.165) is 34.6 Å². The number of benzene rings is 1. The second kappa shape index (κ2) is 4.21. The van der Waals surface area contributed by atoms with Crippen molar-refractivity contribution in [2.75, 3.05) is 13.6 Å². The molecule has 0 aliphatic heterocycles. The molecule has 0 bridgehead atoms. The minimum atomic E-state index is 0.215. The van der Waals surface area contributed by atoms with Crippen LogP contribution in [0.4, 0.5) is 0 Å². The van der Waals surface area contributed by atoms with Crippen LogP contribution >= 0.6 is 0 Å². The molecule has 2 aromatic heterocycles. The molecule has 102 valence electrons. The average Bonchev–Trinajstić information content (AvgIpc) is 2.92. The molecule has 2 heterocycles. The van der Waals surface area contributed by atoms with Gasteiger partial charge in [0.05, 0.1) is 11.9 Å². The number of furan rings is 1. The van der Waals surface area contributed by atoms with E-state index in [0.29, 0.717) is 0 Å². The normalized spacial score (nSPS) is 16.6. The van der Waals surface area contributed by atoms with Crippen LogP contribution in [0.5, 0.6) is 0 Å². The highest BCUT2D eigenvalue weighted by Crippen LogP contribution is 2.46. The van der Waals surface area contributed by atoms with Crippen molar-refractivity contribution in [1.82, 2.24) is 15.3 Å². The standard InChI is InChI=1S/C16H17N3O/c1-17-10-16(6-7-16)15-18-8-13(19-15)12-9-20-14-5-3-2-4-11(12)14/h2-5,8-9,17H,6-7,10H2,1H3,(H,18,19). The lowest BCUT2D eigenvalue weighted by atomic mass is 10.1. The average molecular weight is 267 g/mol. The number of nitrogens with one attached hydrogen (secondary N) is 2. The first-order valence-corrected chi connectivity index (χ1v) is 6.99. The van der Waals surface area contributed by atoms with E-state index in [2.05, 4.69) is 21.4 Å². The third kappa shape index (κ3) is 1.68. The second-order valence-electron chi connectivity index (χ2n) is 5.60. The van der Waals surface area contributed by atoms with E-state index in [1.165, 1.54) is 12.8 Å². The first-order chi connectivity index (χ1) is 9.82. The van der Waals surface area contributed by atoms with Gasteiger partial charge < -0.3 is 14.7 Å². The Hall–Kier alpha value is -2.07. The van der Waals surface area contributed by atoms with Crippen LogP contribution in [-0.4, -0.2) is 23.6 Å². The third-order valence-electron chi connectivity index (χ3n) is 4.22. The molecule has 0 radical (unpaired) electrons. The smallest absolute Gasteiger partial charge is 0.134 e. The Morgan fingerprint density at radius 2 is 2.20 bits per heavy atom. The Kier molecular flexibility index (Phi) is 2.47. The predicted octanol–water partition coefficient (Wildman–Crippen LogP) is 3.07. The highest BCUT2D eigenvalue weighted by molar-refractivity contribution is 5.92. The van der Waals surface area contributed by atoms with Crippen LogP contribution in [0.25, 0.3) is 22.2 Å². The molecule has 0 amide bonds. The summed E-state index contributed by atoms with van der Waals surface area (Å²) in [6, 6.07) is 8.08. The van der Waals surface area contributed by atoms with Gasteiger partial charge in [-0.2, -0.15) is 0 Å². The van der Waals surface area contributed by atoms with Crippen LogP contribution in [0.1, 0.15) is 18.7 Å². The van der Waals surface area contributed by atoms with E-state index >= 15 is 0 Å². The van der Waals surface area contributed by atoms with Gasteiger partial charge >= 0.3 is 0 Å². The summed E-state index contributed by atoms with van der Waals surface area (Å²) in [5, 5.41) is 4.39. The van der Waals surface area contributed by atoms with Gasteiger partial charge in [0.1, 0.15) is 17.7 Å². The quantitative estimate of drug-likeness (QED) is 0.763. The minimum absolute atomic E-state index is 0.215. The van der Waals surface area contributed by atoms with E-state index in [-0.39, 0.29) is 5.41 Å². The van der Waals surface area contributed by atoms with E-state index < -0.39 is 0 Å². The van der Waals surface area contributed by atoms with Gasteiger partial charge in [0.2, 0.25) is 0 Å². The number of para-hydroxylation sites is 1. The van der Waals surface area contributed by atoms with Gasteiger partial charge in [-0.1, -0.05) is 18.2 Å². The summed E-state index contributed by atoms with van der Waals surface area (Å²) in [5.41, 5.74) is 3.24. The second-order valence-corrected chi connectivity index (χ2v) is 5.60. The first-order valence-electron chi connectivity index (χ1n) is 6.99. The van der Waals surface area contributed by atoms with Crippen molar-refractivity contribution in [3.63, 3.8) is 0 Å². The molecule has 1 saturated carbocycles. The van der Waals surface area contributed by atoms with Gasteiger partial charge in [-0.25, -0.2) is 4.98 Å². The van der Waals surface area contributed by atoms with Crippen LogP contribution in [0.3, 0.4) is 0 Å². The summed E-state index contributed by atoms with van der Waals surface area (Å²) in [6.07, 6.45) is 6.13. The van der Waals surface area contributed by atoms with Crippen LogP contribution in [-0.2, 0) is 5.41 Å². The Bertz CT molecular complexity index is 752. The number of aromatic amines is 1. The van der Waals surface area contributed by atoms with Crippen LogP contribution in [0.2, 0.25) is 0 Å². The molecule has 3 aromatic rings. The summed E-state index contributed by atoms with van der Waals surface area (Å²) < 4.78 is 5.60. The van der Waals surface area contributed by atoms with Crippen molar-refractivity contribution in [3.8, 4) is 11.3 Å². The summed E-state index contributed by atoms with van der Waals surface area (Å²) in [5.74, 6) is 1.09. The maximum Gasteiger partial charge on any atom is 0.134 e. The summed E-state index contributed by atoms with van der Waals surface area (Å²) >= 11 is 0. The van der Waals surface area contributed by atoms with Gasteiger partial charge in [0, 0.05) is 22.9 Å². The van der Waals surface area contributed by atoms with Crippen LogP contribution in [0, 0.1) is 0 Å². The van der Waals surface area contributed by atoms with Crippen molar-refractivity contribution in [3.05, 3.63) is 42.5 Å². The topological polar surface area (TPSA) is 53.9 Å².